The maximum atomic E-state index is 17.1. The minimum absolute atomic E-state index is 0.00596. The molecular weight excluding hydrogens is 660 g/mol. The van der Waals surface area contributed by atoms with Crippen molar-refractivity contribution in [1.29, 1.82) is 0 Å². The molecule has 51 heavy (non-hydrogen) atoms. The third kappa shape index (κ3) is 6.21. The summed E-state index contributed by atoms with van der Waals surface area (Å²) in [5, 5.41) is 22.4. The third-order valence-electron chi connectivity index (χ3n) is 11.2. The fourth-order valence-electron chi connectivity index (χ4n) is 8.90. The smallest absolute Gasteiger partial charge is 0.319 e. The molecule has 5 heterocycles. The summed E-state index contributed by atoms with van der Waals surface area (Å²) in [5.74, 6) is -1.32. The first kappa shape index (κ1) is 34.2. The maximum absolute atomic E-state index is 17.1. The molecule has 2 aromatic carbocycles. The van der Waals surface area contributed by atoms with Gasteiger partial charge in [0, 0.05) is 40.9 Å². The standard InChI is InChI=1S/C38H45F2N5O6/c1-36(19-50-20-36)17-44-12-6-11-38(10-5-9-27(38)44)22-51-35-42-32-29(33(43-35)45-13-14-49-21-37(2,47)18-45)34(48-3)41-31(30(32)40)25-16-24(46)15-23-7-4-8-26(39)28(23)25/h4,7-8,15-16,27,46-47H,5-6,9-14,17-22H2,1-3H3/t27-,37+,38-/m1/s1. The van der Waals surface area contributed by atoms with Gasteiger partial charge < -0.3 is 34.1 Å². The quantitative estimate of drug-likeness (QED) is 0.243. The van der Waals surface area contributed by atoms with Gasteiger partial charge in [0.2, 0.25) is 5.88 Å². The van der Waals surface area contributed by atoms with Crippen LogP contribution in [0, 0.1) is 22.5 Å². The second kappa shape index (κ2) is 12.9. The van der Waals surface area contributed by atoms with E-state index in [2.05, 4.69) is 21.8 Å². The first-order valence-electron chi connectivity index (χ1n) is 17.8. The molecule has 4 aromatic rings. The Morgan fingerprint density at radius 2 is 1.82 bits per heavy atom. The number of halogens is 2. The molecular formula is C38H45F2N5O6. The maximum Gasteiger partial charge on any atom is 0.319 e. The van der Waals surface area contributed by atoms with Crippen LogP contribution in [0.3, 0.4) is 0 Å². The molecule has 1 aliphatic carbocycles. The Hall–Kier alpha value is -3.91. The van der Waals surface area contributed by atoms with Gasteiger partial charge in [0.05, 0.1) is 46.7 Å². The van der Waals surface area contributed by atoms with Gasteiger partial charge >= 0.3 is 6.01 Å². The predicted octanol–water partition coefficient (Wildman–Crippen LogP) is 5.48. The lowest BCUT2D eigenvalue weighted by Gasteiger charge is -2.50. The second-order valence-corrected chi connectivity index (χ2v) is 15.6. The van der Waals surface area contributed by atoms with Crippen LogP contribution in [0.5, 0.6) is 17.6 Å². The highest BCUT2D eigenvalue weighted by molar-refractivity contribution is 6.02. The summed E-state index contributed by atoms with van der Waals surface area (Å²) in [6, 6.07) is 7.49. The number of rotatable bonds is 8. The van der Waals surface area contributed by atoms with Gasteiger partial charge in [-0.1, -0.05) is 25.5 Å². The number of β-amino-alcohol motifs (C(OH)–C–C–N with tert-alkyl or cyclic N) is 1. The van der Waals surface area contributed by atoms with Crippen molar-refractivity contribution in [3.63, 3.8) is 0 Å². The van der Waals surface area contributed by atoms with E-state index in [0.717, 1.165) is 58.4 Å². The number of aromatic hydroxyl groups is 1. The number of phenolic OH excluding ortho intramolecular Hbond substituents is 1. The predicted molar refractivity (Wildman–Crippen MR) is 187 cm³/mol. The molecule has 3 saturated heterocycles. The van der Waals surface area contributed by atoms with Gasteiger partial charge in [-0.25, -0.2) is 13.8 Å². The number of piperidine rings is 1. The first-order valence-corrected chi connectivity index (χ1v) is 17.8. The summed E-state index contributed by atoms with van der Waals surface area (Å²) in [6.07, 6.45) is 5.27. The molecule has 1 saturated carbocycles. The Balaban J connectivity index is 1.24. The van der Waals surface area contributed by atoms with Gasteiger partial charge in [-0.3, -0.25) is 4.90 Å². The molecule has 11 nitrogen and oxygen atoms in total. The van der Waals surface area contributed by atoms with Gasteiger partial charge in [0.15, 0.2) is 5.82 Å². The number of likely N-dealkylation sites (tertiary alicyclic amines) is 1. The van der Waals surface area contributed by atoms with E-state index < -0.39 is 17.2 Å². The summed E-state index contributed by atoms with van der Waals surface area (Å²) < 4.78 is 56.0. The number of nitrogens with zero attached hydrogens (tertiary/aromatic N) is 5. The molecule has 0 amide bonds. The summed E-state index contributed by atoms with van der Waals surface area (Å²) >= 11 is 0. The summed E-state index contributed by atoms with van der Waals surface area (Å²) in [6.45, 7) is 8.80. The van der Waals surface area contributed by atoms with Crippen LogP contribution in [0.4, 0.5) is 14.6 Å². The van der Waals surface area contributed by atoms with Crippen molar-refractivity contribution >= 4 is 27.5 Å². The summed E-state index contributed by atoms with van der Waals surface area (Å²) in [5.41, 5.74) is -1.48. The van der Waals surface area contributed by atoms with Gasteiger partial charge in [0.25, 0.3) is 0 Å². The zero-order valence-electron chi connectivity index (χ0n) is 29.4. The molecule has 0 bridgehead atoms. The van der Waals surface area contributed by atoms with E-state index in [-0.39, 0.29) is 75.0 Å². The molecule has 0 unspecified atom stereocenters. The number of pyridine rings is 1. The fourth-order valence-corrected chi connectivity index (χ4v) is 8.90. The normalized spacial score (nSPS) is 26.5. The number of benzene rings is 2. The topological polar surface area (TPSA) is 123 Å². The van der Waals surface area contributed by atoms with E-state index in [0.29, 0.717) is 31.2 Å². The van der Waals surface area contributed by atoms with Crippen LogP contribution < -0.4 is 14.4 Å². The Morgan fingerprint density at radius 3 is 2.61 bits per heavy atom. The second-order valence-electron chi connectivity index (χ2n) is 15.6. The van der Waals surface area contributed by atoms with Crippen LogP contribution in [-0.2, 0) is 9.47 Å². The molecule has 8 rings (SSSR count). The SMILES string of the molecule is COc1nc(-c2cc(O)cc3cccc(F)c23)c(F)c2nc(OC[C@]34CCC[C@H]3N(CC3(C)COC3)CCC4)nc(N3CCOC[C@@](C)(O)C3)c12. The number of phenols is 1. The number of anilines is 1. The van der Waals surface area contributed by atoms with Crippen LogP contribution in [0.15, 0.2) is 30.3 Å². The van der Waals surface area contributed by atoms with Crippen molar-refractivity contribution in [3.05, 3.63) is 42.0 Å². The van der Waals surface area contributed by atoms with E-state index in [1.54, 1.807) is 13.0 Å². The molecule has 4 fully saturated rings. The molecule has 13 heteroatoms. The monoisotopic (exact) mass is 705 g/mol. The highest BCUT2D eigenvalue weighted by Crippen LogP contribution is 2.49. The van der Waals surface area contributed by atoms with Gasteiger partial charge in [-0.05, 0) is 62.7 Å². The lowest BCUT2D eigenvalue weighted by Crippen LogP contribution is -2.57. The Kier molecular flexibility index (Phi) is 8.68. The van der Waals surface area contributed by atoms with Crippen LogP contribution >= 0.6 is 0 Å². The van der Waals surface area contributed by atoms with Crippen LogP contribution in [0.1, 0.15) is 46.0 Å². The van der Waals surface area contributed by atoms with E-state index in [1.807, 2.05) is 4.90 Å². The lowest BCUT2D eigenvalue weighted by atomic mass is 9.74. The number of aromatic nitrogens is 3. The lowest BCUT2D eigenvalue weighted by molar-refractivity contribution is -0.130. The zero-order chi connectivity index (χ0) is 35.5. The molecule has 272 valence electrons. The van der Waals surface area contributed by atoms with Crippen molar-refractivity contribution in [2.75, 3.05) is 71.2 Å². The first-order chi connectivity index (χ1) is 24.5. The average molecular weight is 706 g/mol. The van der Waals surface area contributed by atoms with E-state index in [4.69, 9.17) is 23.9 Å². The van der Waals surface area contributed by atoms with E-state index >= 15 is 8.78 Å². The highest BCUT2D eigenvalue weighted by atomic mass is 19.1. The summed E-state index contributed by atoms with van der Waals surface area (Å²) in [7, 11) is 1.41. The third-order valence-corrected chi connectivity index (χ3v) is 11.2. The molecule has 2 N–H and O–H groups in total. The minimum Gasteiger partial charge on any atom is -0.508 e. The van der Waals surface area contributed by atoms with Crippen molar-refractivity contribution < 1.29 is 37.9 Å². The van der Waals surface area contributed by atoms with Crippen molar-refractivity contribution in [1.82, 2.24) is 19.9 Å². The number of aliphatic hydroxyl groups is 1. The van der Waals surface area contributed by atoms with Crippen LogP contribution in [0.2, 0.25) is 0 Å². The Labute approximate surface area is 295 Å². The zero-order valence-corrected chi connectivity index (χ0v) is 29.4. The van der Waals surface area contributed by atoms with Crippen LogP contribution in [0.25, 0.3) is 32.9 Å². The average Bonchev–Trinajstić information content (AvgIpc) is 3.44. The van der Waals surface area contributed by atoms with E-state index in [9.17, 15) is 10.2 Å². The van der Waals surface area contributed by atoms with Gasteiger partial charge in [-0.2, -0.15) is 9.97 Å². The number of hydrogen-bond acceptors (Lipinski definition) is 11. The minimum atomic E-state index is -1.23. The molecule has 2 aromatic heterocycles. The molecule has 3 atom stereocenters. The molecule has 4 aliphatic rings. The van der Waals surface area contributed by atoms with E-state index in [1.165, 1.54) is 31.4 Å². The summed E-state index contributed by atoms with van der Waals surface area (Å²) in [4.78, 5) is 18.5. The van der Waals surface area contributed by atoms with Gasteiger partial charge in [-0.15, -0.1) is 0 Å². The Morgan fingerprint density at radius 1 is 1.00 bits per heavy atom. The fraction of sp³-hybridized carbons (Fsp3) is 0.553. The largest absolute Gasteiger partial charge is 0.508 e. The molecule has 3 aliphatic heterocycles. The number of methoxy groups -OCH3 is 1. The highest BCUT2D eigenvalue weighted by Gasteiger charge is 2.50. The van der Waals surface area contributed by atoms with Crippen molar-refractivity contribution in [2.24, 2.45) is 10.8 Å². The number of ether oxygens (including phenoxy) is 4. The van der Waals surface area contributed by atoms with Crippen molar-refractivity contribution in [2.45, 2.75) is 57.6 Å². The number of hydrogen-bond donors (Lipinski definition) is 2. The molecule has 0 spiro atoms. The van der Waals surface area contributed by atoms with Crippen molar-refractivity contribution in [3.8, 4) is 28.9 Å². The molecule has 0 radical (unpaired) electrons. The Bertz CT molecular complexity index is 1980. The number of fused-ring (bicyclic) bond motifs is 3. The van der Waals surface area contributed by atoms with Crippen LogP contribution in [-0.4, -0.2) is 108 Å². The van der Waals surface area contributed by atoms with Gasteiger partial charge in [0.1, 0.15) is 39.6 Å².